The number of hydrogen-bond donors (Lipinski definition) is 5. The Morgan fingerprint density at radius 2 is 1.90 bits per heavy atom. The number of ketones is 1. The predicted octanol–water partition coefficient (Wildman–Crippen LogP) is 2.01. The summed E-state index contributed by atoms with van der Waals surface area (Å²) >= 11 is 0. The molecule has 1 spiro atoms. The minimum Gasteiger partial charge on any atom is -0.394 e. The van der Waals surface area contributed by atoms with Crippen LogP contribution in [0.15, 0.2) is 22.8 Å². The molecule has 3 aliphatic heterocycles. The molecule has 7 rings (SSSR count). The second-order valence-electron chi connectivity index (χ2n) is 14.9. The summed E-state index contributed by atoms with van der Waals surface area (Å²) in [5, 5.41) is 44.2. The van der Waals surface area contributed by atoms with Crippen LogP contribution in [0.25, 0.3) is 0 Å². The van der Waals surface area contributed by atoms with Crippen molar-refractivity contribution in [1.82, 2.24) is 5.32 Å². The van der Waals surface area contributed by atoms with Crippen LogP contribution in [0.2, 0.25) is 0 Å². The Hall–Kier alpha value is -1.17. The van der Waals surface area contributed by atoms with E-state index in [9.17, 15) is 25.2 Å². The zero-order chi connectivity index (χ0) is 29.7. The van der Waals surface area contributed by atoms with Crippen LogP contribution in [-0.4, -0.2) is 93.9 Å². The van der Waals surface area contributed by atoms with Crippen LogP contribution in [0, 0.1) is 35.0 Å². The van der Waals surface area contributed by atoms with Crippen molar-refractivity contribution in [2.24, 2.45) is 35.0 Å². The number of Topliss-reactive ketones (excluding diaryl/α,β-unsaturated/α-hetero) is 1. The molecule has 3 heterocycles. The zero-order valence-electron chi connectivity index (χ0n) is 25.4. The number of carbonyl (C=O) groups excluding carboxylic acids is 1. The molecule has 42 heavy (non-hydrogen) atoms. The van der Waals surface area contributed by atoms with Crippen LogP contribution in [0.3, 0.4) is 0 Å². The standard InChI is InChI=1S/C33H49NO8/c1-15-11-22-26(34-13-15)17(3)33(42-22)10-8-20-21-6-5-18-12-19(40-31-30(39)29(38)27(36)23(14-35)41-31)7-9-32(18,4)25(21)28(37)24(20)16(33)2/h5,15,17,19-23,25-27,29-31,34-36,38-39H,6-14H2,1-4H3/t15-,17+,19-,20-,21-,22-,23+,25+,26+,27+,29-,30+,31+,32-,33+/m0/s1. The lowest BCUT2D eigenvalue weighted by atomic mass is 9.56. The van der Waals surface area contributed by atoms with E-state index in [2.05, 4.69) is 39.1 Å². The maximum Gasteiger partial charge on any atom is 0.186 e. The van der Waals surface area contributed by atoms with E-state index >= 15 is 0 Å². The molecule has 0 bridgehead atoms. The summed E-state index contributed by atoms with van der Waals surface area (Å²) in [7, 11) is 0. The molecule has 234 valence electrons. The number of rotatable bonds is 3. The largest absolute Gasteiger partial charge is 0.394 e. The van der Waals surface area contributed by atoms with Gasteiger partial charge in [0, 0.05) is 23.5 Å². The van der Waals surface area contributed by atoms with E-state index in [-0.39, 0.29) is 35.1 Å². The maximum absolute atomic E-state index is 14.5. The third-order valence-corrected chi connectivity index (χ3v) is 12.8. The lowest BCUT2D eigenvalue weighted by molar-refractivity contribution is -0.312. The van der Waals surface area contributed by atoms with Crippen molar-refractivity contribution >= 4 is 5.78 Å². The Kier molecular flexibility index (Phi) is 7.34. The van der Waals surface area contributed by atoms with E-state index in [1.807, 2.05) is 0 Å². The molecule has 0 aromatic rings. The highest BCUT2D eigenvalue weighted by atomic mass is 16.7. The van der Waals surface area contributed by atoms with E-state index in [1.165, 1.54) is 11.1 Å². The Morgan fingerprint density at radius 3 is 2.67 bits per heavy atom. The topological polar surface area (TPSA) is 138 Å². The van der Waals surface area contributed by atoms with Gasteiger partial charge in [-0.2, -0.15) is 0 Å². The summed E-state index contributed by atoms with van der Waals surface area (Å²) in [6.07, 6.45) is 1.93. The van der Waals surface area contributed by atoms with Crippen molar-refractivity contribution in [3.8, 4) is 0 Å². The van der Waals surface area contributed by atoms with Gasteiger partial charge in [0.25, 0.3) is 0 Å². The molecule has 9 nitrogen and oxygen atoms in total. The lowest BCUT2D eigenvalue weighted by Gasteiger charge is -2.49. The highest BCUT2D eigenvalue weighted by Crippen LogP contribution is 2.64. The summed E-state index contributed by atoms with van der Waals surface area (Å²) in [6, 6.07) is 0.344. The third-order valence-electron chi connectivity index (χ3n) is 12.8. The van der Waals surface area contributed by atoms with Crippen molar-refractivity contribution in [3.05, 3.63) is 22.8 Å². The number of hydrogen-bond acceptors (Lipinski definition) is 9. The quantitative estimate of drug-likeness (QED) is 0.314. The van der Waals surface area contributed by atoms with E-state index in [4.69, 9.17) is 14.2 Å². The number of ether oxygens (including phenoxy) is 3. The van der Waals surface area contributed by atoms with Gasteiger partial charge in [-0.1, -0.05) is 32.4 Å². The summed E-state index contributed by atoms with van der Waals surface area (Å²) in [5.41, 5.74) is 2.89. The number of aliphatic hydroxyl groups is 4. The van der Waals surface area contributed by atoms with Gasteiger partial charge in [-0.25, -0.2) is 0 Å². The van der Waals surface area contributed by atoms with Crippen molar-refractivity contribution in [2.75, 3.05) is 13.2 Å². The molecule has 5 fully saturated rings. The highest BCUT2D eigenvalue weighted by molar-refractivity contribution is 6.02. The minimum absolute atomic E-state index is 0.0482. The molecule has 15 atom stereocenters. The van der Waals surface area contributed by atoms with Gasteiger partial charge in [-0.3, -0.25) is 4.79 Å². The SMILES string of the molecule is CC1=C2C(=O)[C@H]3[C@@H](CC=C4C[C@@H](O[C@@H]5O[C@H](CO)[C@@H](O)[C@H](O)[C@H]5O)CC[C@@]43C)[C@@H]2CC[C@@]12O[C@H]1C[C@H](C)CN[C@@H]1[C@H]2C. The maximum atomic E-state index is 14.5. The first-order valence-corrected chi connectivity index (χ1v) is 16.3. The molecule has 4 aliphatic carbocycles. The molecule has 5 N–H and O–H groups in total. The summed E-state index contributed by atoms with van der Waals surface area (Å²) in [6.45, 7) is 9.60. The monoisotopic (exact) mass is 587 g/mol. The highest BCUT2D eigenvalue weighted by Gasteiger charge is 2.63. The van der Waals surface area contributed by atoms with Gasteiger partial charge >= 0.3 is 0 Å². The Labute approximate surface area is 248 Å². The van der Waals surface area contributed by atoms with E-state index < -0.39 is 37.3 Å². The molecule has 0 unspecified atom stereocenters. The van der Waals surface area contributed by atoms with Crippen molar-refractivity contribution in [1.29, 1.82) is 0 Å². The van der Waals surface area contributed by atoms with Gasteiger partial charge < -0.3 is 40.0 Å². The van der Waals surface area contributed by atoms with Gasteiger partial charge in [0.05, 0.1) is 24.4 Å². The van der Waals surface area contributed by atoms with Crippen LogP contribution in [0.4, 0.5) is 0 Å². The molecule has 3 saturated heterocycles. The first kappa shape index (κ1) is 29.5. The molecule has 9 heteroatoms. The van der Waals surface area contributed by atoms with Crippen molar-refractivity contribution in [2.45, 2.75) is 127 Å². The van der Waals surface area contributed by atoms with Gasteiger partial charge in [0.1, 0.15) is 24.4 Å². The molecule has 0 aromatic heterocycles. The Balaban J connectivity index is 1.11. The second kappa shape index (κ2) is 10.4. The molecular formula is C33H49NO8. The number of fused-ring (bicyclic) bond motifs is 6. The molecule has 0 aromatic carbocycles. The molecule has 2 saturated carbocycles. The van der Waals surface area contributed by atoms with E-state index in [0.717, 1.165) is 44.2 Å². The van der Waals surface area contributed by atoms with Crippen LogP contribution >= 0.6 is 0 Å². The van der Waals surface area contributed by atoms with Gasteiger partial charge in [-0.05, 0) is 87.2 Å². The predicted molar refractivity (Wildman–Crippen MR) is 153 cm³/mol. The van der Waals surface area contributed by atoms with Crippen LogP contribution in [0.5, 0.6) is 0 Å². The van der Waals surface area contributed by atoms with E-state index in [1.54, 1.807) is 0 Å². The fourth-order valence-electron chi connectivity index (χ4n) is 10.4. The first-order chi connectivity index (χ1) is 20.0. The first-order valence-electron chi connectivity index (χ1n) is 16.3. The Bertz CT molecular complexity index is 1170. The van der Waals surface area contributed by atoms with Crippen LogP contribution in [0.1, 0.15) is 72.6 Å². The average molecular weight is 588 g/mol. The van der Waals surface area contributed by atoms with Crippen molar-refractivity contribution < 1.29 is 39.4 Å². The number of piperidine rings is 1. The number of aliphatic hydroxyl groups excluding tert-OH is 4. The number of allylic oxidation sites excluding steroid dienone is 2. The van der Waals surface area contributed by atoms with Gasteiger partial charge in [-0.15, -0.1) is 0 Å². The fourth-order valence-corrected chi connectivity index (χ4v) is 10.4. The fraction of sp³-hybridized carbons (Fsp3) is 0.848. The average Bonchev–Trinajstić information content (AvgIpc) is 3.42. The molecule has 0 amide bonds. The normalized spacial score (nSPS) is 53.9. The number of carbonyl (C=O) groups is 1. The van der Waals surface area contributed by atoms with Gasteiger partial charge in [0.2, 0.25) is 0 Å². The van der Waals surface area contributed by atoms with Crippen LogP contribution < -0.4 is 5.32 Å². The second-order valence-corrected chi connectivity index (χ2v) is 14.9. The third kappa shape index (κ3) is 4.14. The summed E-state index contributed by atoms with van der Waals surface area (Å²) < 4.78 is 18.8. The van der Waals surface area contributed by atoms with Crippen LogP contribution in [-0.2, 0) is 19.0 Å². The summed E-state index contributed by atoms with van der Waals surface area (Å²) in [4.78, 5) is 14.5. The molecule has 0 radical (unpaired) electrons. The Morgan fingerprint density at radius 1 is 1.12 bits per heavy atom. The smallest absolute Gasteiger partial charge is 0.186 e. The van der Waals surface area contributed by atoms with E-state index in [0.29, 0.717) is 42.4 Å². The zero-order valence-corrected chi connectivity index (χ0v) is 25.4. The molecule has 7 aliphatic rings. The van der Waals surface area contributed by atoms with Gasteiger partial charge in [0.15, 0.2) is 12.1 Å². The molecular weight excluding hydrogens is 538 g/mol. The summed E-state index contributed by atoms with van der Waals surface area (Å²) in [5.74, 6) is 1.81. The number of nitrogens with one attached hydrogen (secondary N) is 1. The van der Waals surface area contributed by atoms with Crippen molar-refractivity contribution in [3.63, 3.8) is 0 Å². The lowest BCUT2D eigenvalue weighted by Crippen LogP contribution is -2.60. The minimum atomic E-state index is -1.46.